The molecular weight excluding hydrogens is 248 g/mol. The summed E-state index contributed by atoms with van der Waals surface area (Å²) in [5, 5.41) is 10.4. The maximum atomic E-state index is 12.6. The van der Waals surface area contributed by atoms with Gasteiger partial charge in [0.15, 0.2) is 0 Å². The van der Waals surface area contributed by atoms with E-state index in [1.54, 1.807) is 20.8 Å². The van der Waals surface area contributed by atoms with E-state index in [4.69, 9.17) is 9.84 Å². The Bertz CT molecular complexity index is 289. The SMILES string of the molecule is CC(C)(C)OC(=O)N[C@H](CCCC(=O)O)C(F)F. The first-order chi connectivity index (χ1) is 8.11. The fraction of sp³-hybridized carbons (Fsp3) is 0.818. The van der Waals surface area contributed by atoms with Crippen LogP contribution >= 0.6 is 0 Å². The van der Waals surface area contributed by atoms with E-state index in [9.17, 15) is 18.4 Å². The van der Waals surface area contributed by atoms with Crippen LogP contribution < -0.4 is 5.32 Å². The summed E-state index contributed by atoms with van der Waals surface area (Å²) in [5.41, 5.74) is -0.766. The molecule has 0 fully saturated rings. The normalized spacial score (nSPS) is 13.2. The van der Waals surface area contributed by atoms with Gasteiger partial charge in [-0.1, -0.05) is 0 Å². The van der Waals surface area contributed by atoms with Crippen molar-refractivity contribution in [3.05, 3.63) is 0 Å². The Morgan fingerprint density at radius 3 is 2.28 bits per heavy atom. The summed E-state index contributed by atoms with van der Waals surface area (Å²) in [7, 11) is 0. The van der Waals surface area contributed by atoms with E-state index in [1.165, 1.54) is 0 Å². The summed E-state index contributed by atoms with van der Waals surface area (Å²) < 4.78 is 30.0. The molecule has 0 bridgehead atoms. The molecule has 1 amide bonds. The van der Waals surface area contributed by atoms with Crippen molar-refractivity contribution < 1.29 is 28.2 Å². The minimum atomic E-state index is -2.76. The van der Waals surface area contributed by atoms with E-state index in [1.807, 2.05) is 5.32 Å². The molecule has 106 valence electrons. The Labute approximate surface area is 105 Å². The van der Waals surface area contributed by atoms with Gasteiger partial charge in [-0.2, -0.15) is 0 Å². The minimum Gasteiger partial charge on any atom is -0.481 e. The molecule has 0 aliphatic heterocycles. The number of aliphatic carboxylic acids is 1. The first-order valence-electron chi connectivity index (χ1n) is 5.61. The number of ether oxygens (including phenoxy) is 1. The summed E-state index contributed by atoms with van der Waals surface area (Å²) in [6.45, 7) is 4.86. The predicted molar refractivity (Wildman–Crippen MR) is 60.6 cm³/mol. The third-order valence-electron chi connectivity index (χ3n) is 1.91. The molecule has 18 heavy (non-hydrogen) atoms. The summed E-state index contributed by atoms with van der Waals surface area (Å²) in [5.74, 6) is -1.06. The summed E-state index contributed by atoms with van der Waals surface area (Å²) in [4.78, 5) is 21.5. The van der Waals surface area contributed by atoms with Gasteiger partial charge in [0.25, 0.3) is 6.43 Å². The summed E-state index contributed by atoms with van der Waals surface area (Å²) in [6.07, 6.45) is -3.93. The fourth-order valence-corrected chi connectivity index (χ4v) is 1.19. The van der Waals surface area contributed by atoms with Crippen LogP contribution in [0.15, 0.2) is 0 Å². The number of hydrogen-bond donors (Lipinski definition) is 2. The molecular formula is C11H19F2NO4. The standard InChI is InChI=1S/C11H19F2NO4/c1-11(2,3)18-10(17)14-7(9(12)13)5-4-6-8(15)16/h7,9H,4-6H2,1-3H3,(H,14,17)(H,15,16)/t7-/m1/s1. The number of hydrogen-bond acceptors (Lipinski definition) is 3. The van der Waals surface area contributed by atoms with Gasteiger partial charge < -0.3 is 15.2 Å². The van der Waals surface area contributed by atoms with Gasteiger partial charge in [0.1, 0.15) is 5.60 Å². The number of carbonyl (C=O) groups excluding carboxylic acids is 1. The van der Waals surface area contributed by atoms with Crippen molar-refractivity contribution in [2.75, 3.05) is 0 Å². The molecule has 0 saturated heterocycles. The lowest BCUT2D eigenvalue weighted by Crippen LogP contribution is -2.42. The number of amides is 1. The molecule has 0 aliphatic rings. The number of alkyl carbamates (subject to hydrolysis) is 1. The van der Waals surface area contributed by atoms with Crippen molar-refractivity contribution in [2.24, 2.45) is 0 Å². The molecule has 0 aliphatic carbocycles. The van der Waals surface area contributed by atoms with Crippen molar-refractivity contribution in [1.82, 2.24) is 5.32 Å². The molecule has 0 rings (SSSR count). The van der Waals surface area contributed by atoms with Crippen molar-refractivity contribution in [3.63, 3.8) is 0 Å². The Kier molecular flexibility index (Phi) is 6.57. The highest BCUT2D eigenvalue weighted by Crippen LogP contribution is 2.12. The van der Waals surface area contributed by atoms with Crippen LogP contribution in [-0.2, 0) is 9.53 Å². The van der Waals surface area contributed by atoms with E-state index < -0.39 is 30.1 Å². The molecule has 0 aromatic carbocycles. The molecule has 0 saturated carbocycles. The molecule has 0 aromatic rings. The summed E-state index contributed by atoms with van der Waals surface area (Å²) >= 11 is 0. The maximum Gasteiger partial charge on any atom is 0.408 e. The molecule has 0 heterocycles. The lowest BCUT2D eigenvalue weighted by atomic mass is 10.1. The van der Waals surface area contributed by atoms with Crippen LogP contribution in [0.3, 0.4) is 0 Å². The Balaban J connectivity index is 4.19. The van der Waals surface area contributed by atoms with Crippen molar-refractivity contribution in [1.29, 1.82) is 0 Å². The van der Waals surface area contributed by atoms with Crippen LogP contribution in [0.2, 0.25) is 0 Å². The number of nitrogens with one attached hydrogen (secondary N) is 1. The second-order valence-electron chi connectivity index (χ2n) is 4.87. The number of carboxylic acid groups (broad SMARTS) is 1. The van der Waals surface area contributed by atoms with Crippen LogP contribution in [0.4, 0.5) is 13.6 Å². The zero-order valence-corrected chi connectivity index (χ0v) is 10.7. The number of carboxylic acids is 1. The Morgan fingerprint density at radius 1 is 1.33 bits per heavy atom. The number of carbonyl (C=O) groups is 2. The van der Waals surface area contributed by atoms with Crippen molar-refractivity contribution >= 4 is 12.1 Å². The maximum absolute atomic E-state index is 12.6. The molecule has 2 N–H and O–H groups in total. The van der Waals surface area contributed by atoms with Crippen LogP contribution in [-0.4, -0.2) is 35.2 Å². The van der Waals surface area contributed by atoms with E-state index in [-0.39, 0.29) is 19.3 Å². The van der Waals surface area contributed by atoms with Gasteiger partial charge in [-0.05, 0) is 33.6 Å². The summed E-state index contributed by atoms with van der Waals surface area (Å²) in [6, 6.07) is -1.39. The zero-order chi connectivity index (χ0) is 14.3. The Hall–Kier alpha value is -1.40. The van der Waals surface area contributed by atoms with Gasteiger partial charge in [0, 0.05) is 6.42 Å². The van der Waals surface area contributed by atoms with Crippen LogP contribution in [0.1, 0.15) is 40.0 Å². The monoisotopic (exact) mass is 267 g/mol. The average molecular weight is 267 g/mol. The van der Waals surface area contributed by atoms with Gasteiger partial charge in [0.05, 0.1) is 6.04 Å². The zero-order valence-electron chi connectivity index (χ0n) is 10.7. The number of rotatable bonds is 6. The molecule has 0 radical (unpaired) electrons. The number of halogens is 2. The first kappa shape index (κ1) is 16.6. The predicted octanol–water partition coefficient (Wildman–Crippen LogP) is 2.40. The number of alkyl halides is 2. The van der Waals surface area contributed by atoms with Crippen molar-refractivity contribution in [2.45, 2.75) is 58.1 Å². The highest BCUT2D eigenvalue weighted by Gasteiger charge is 2.25. The first-order valence-corrected chi connectivity index (χ1v) is 5.61. The molecule has 1 atom stereocenters. The van der Waals surface area contributed by atoms with E-state index in [2.05, 4.69) is 0 Å². The quantitative estimate of drug-likeness (QED) is 0.774. The topological polar surface area (TPSA) is 75.6 Å². The largest absolute Gasteiger partial charge is 0.481 e. The smallest absolute Gasteiger partial charge is 0.408 e. The third-order valence-corrected chi connectivity index (χ3v) is 1.91. The molecule has 5 nitrogen and oxygen atoms in total. The van der Waals surface area contributed by atoms with Gasteiger partial charge in [-0.25, -0.2) is 13.6 Å². The van der Waals surface area contributed by atoms with Crippen molar-refractivity contribution in [3.8, 4) is 0 Å². The van der Waals surface area contributed by atoms with Gasteiger partial charge in [-0.3, -0.25) is 4.79 Å². The minimum absolute atomic E-state index is 0.0696. The highest BCUT2D eigenvalue weighted by molar-refractivity contribution is 5.68. The second-order valence-corrected chi connectivity index (χ2v) is 4.87. The van der Waals surface area contributed by atoms with E-state index in [0.717, 1.165) is 0 Å². The molecule has 0 spiro atoms. The van der Waals surface area contributed by atoms with Gasteiger partial charge in [0.2, 0.25) is 0 Å². The van der Waals surface area contributed by atoms with Crippen LogP contribution in [0.25, 0.3) is 0 Å². The Morgan fingerprint density at radius 2 is 1.89 bits per heavy atom. The lowest BCUT2D eigenvalue weighted by Gasteiger charge is -2.23. The lowest BCUT2D eigenvalue weighted by molar-refractivity contribution is -0.137. The highest BCUT2D eigenvalue weighted by atomic mass is 19.3. The second kappa shape index (κ2) is 7.13. The molecule has 0 unspecified atom stereocenters. The van der Waals surface area contributed by atoms with E-state index in [0.29, 0.717) is 0 Å². The van der Waals surface area contributed by atoms with E-state index >= 15 is 0 Å². The fourth-order valence-electron chi connectivity index (χ4n) is 1.19. The molecule has 7 heteroatoms. The third kappa shape index (κ3) is 8.72. The average Bonchev–Trinajstić information content (AvgIpc) is 2.12. The van der Waals surface area contributed by atoms with Gasteiger partial charge >= 0.3 is 12.1 Å². The van der Waals surface area contributed by atoms with Crippen LogP contribution in [0.5, 0.6) is 0 Å². The van der Waals surface area contributed by atoms with Gasteiger partial charge in [-0.15, -0.1) is 0 Å². The molecule has 0 aromatic heterocycles. The van der Waals surface area contributed by atoms with Crippen LogP contribution in [0, 0.1) is 0 Å².